The van der Waals surface area contributed by atoms with Crippen LogP contribution in [0.15, 0.2) is 23.7 Å². The van der Waals surface area contributed by atoms with E-state index in [0.717, 1.165) is 17.1 Å². The summed E-state index contributed by atoms with van der Waals surface area (Å²) >= 11 is 1.48. The number of nitriles is 1. The van der Waals surface area contributed by atoms with Gasteiger partial charge in [0, 0.05) is 23.7 Å². The molecule has 104 valence electrons. The molecule has 1 aromatic heterocycles. The molecular formula is C14H13F2N3S. The molecule has 1 heterocycles. The third-order valence-electron chi connectivity index (χ3n) is 2.94. The van der Waals surface area contributed by atoms with Crippen LogP contribution in [0.25, 0.3) is 0 Å². The van der Waals surface area contributed by atoms with Crippen molar-refractivity contribution < 1.29 is 8.78 Å². The van der Waals surface area contributed by atoms with Crippen molar-refractivity contribution in [3.05, 3.63) is 51.5 Å². The molecule has 0 saturated heterocycles. The van der Waals surface area contributed by atoms with Gasteiger partial charge < -0.3 is 5.32 Å². The Balaban J connectivity index is 2.18. The highest BCUT2D eigenvalue weighted by Gasteiger charge is 2.23. The number of nitrogens with zero attached hydrogens (tertiary/aromatic N) is 2. The van der Waals surface area contributed by atoms with Crippen molar-refractivity contribution in [2.45, 2.75) is 25.9 Å². The monoisotopic (exact) mass is 293 g/mol. The fraction of sp³-hybridized carbons (Fsp3) is 0.286. The molecular weight excluding hydrogens is 280 g/mol. The zero-order chi connectivity index (χ0) is 14.8. The maximum Gasteiger partial charge on any atom is 0.131 e. The molecule has 0 spiro atoms. The molecule has 3 nitrogen and oxygen atoms in total. The largest absolute Gasteiger partial charge is 0.302 e. The highest BCUT2D eigenvalue weighted by molar-refractivity contribution is 7.09. The van der Waals surface area contributed by atoms with Crippen molar-refractivity contribution in [3.63, 3.8) is 0 Å². The van der Waals surface area contributed by atoms with Crippen molar-refractivity contribution in [2.24, 2.45) is 0 Å². The summed E-state index contributed by atoms with van der Waals surface area (Å²) in [7, 11) is 0. The minimum atomic E-state index is -0.719. The molecule has 0 fully saturated rings. The van der Waals surface area contributed by atoms with Gasteiger partial charge in [0.2, 0.25) is 0 Å². The Hall–Kier alpha value is -1.84. The lowest BCUT2D eigenvalue weighted by atomic mass is 10.0. The predicted molar refractivity (Wildman–Crippen MR) is 73.1 cm³/mol. The number of rotatable bonds is 4. The standard InChI is InChI=1S/C14H13F2N3S/c1-14(2,13-18-3-4-20-13)19-8-10-11(15)5-9(7-17)6-12(10)16/h3-6,19H,8H2,1-2H3. The van der Waals surface area contributed by atoms with Crippen LogP contribution in [0.2, 0.25) is 0 Å². The van der Waals surface area contributed by atoms with Gasteiger partial charge in [-0.05, 0) is 26.0 Å². The molecule has 0 radical (unpaired) electrons. The molecule has 1 N–H and O–H groups in total. The average Bonchev–Trinajstić information content (AvgIpc) is 2.92. The number of thiazole rings is 1. The fourth-order valence-electron chi connectivity index (χ4n) is 1.75. The summed E-state index contributed by atoms with van der Waals surface area (Å²) in [4.78, 5) is 4.20. The highest BCUT2D eigenvalue weighted by Crippen LogP contribution is 2.23. The van der Waals surface area contributed by atoms with Gasteiger partial charge in [0.1, 0.15) is 16.6 Å². The van der Waals surface area contributed by atoms with Crippen molar-refractivity contribution >= 4 is 11.3 Å². The lowest BCUT2D eigenvalue weighted by Crippen LogP contribution is -2.36. The zero-order valence-electron chi connectivity index (χ0n) is 11.1. The number of hydrogen-bond donors (Lipinski definition) is 1. The summed E-state index contributed by atoms with van der Waals surface area (Å²) in [5.41, 5.74) is -0.586. The van der Waals surface area contributed by atoms with Gasteiger partial charge in [-0.3, -0.25) is 0 Å². The smallest absolute Gasteiger partial charge is 0.131 e. The van der Waals surface area contributed by atoms with E-state index in [9.17, 15) is 8.78 Å². The van der Waals surface area contributed by atoms with Crippen LogP contribution in [0.5, 0.6) is 0 Å². The quantitative estimate of drug-likeness (QED) is 0.940. The van der Waals surface area contributed by atoms with Crippen molar-refractivity contribution in [1.29, 1.82) is 5.26 Å². The van der Waals surface area contributed by atoms with E-state index in [2.05, 4.69) is 10.3 Å². The van der Waals surface area contributed by atoms with Gasteiger partial charge in [-0.15, -0.1) is 11.3 Å². The Morgan fingerprint density at radius 1 is 1.35 bits per heavy atom. The third kappa shape index (κ3) is 3.00. The van der Waals surface area contributed by atoms with Crippen LogP contribution < -0.4 is 5.32 Å². The van der Waals surface area contributed by atoms with E-state index in [1.54, 1.807) is 12.3 Å². The Bertz CT molecular complexity index is 622. The minimum absolute atomic E-state index is 0.0238. The Morgan fingerprint density at radius 2 is 2.00 bits per heavy atom. The van der Waals surface area contributed by atoms with E-state index in [0.29, 0.717) is 0 Å². The molecule has 0 aliphatic carbocycles. The number of aromatic nitrogens is 1. The normalized spacial score (nSPS) is 11.3. The molecule has 0 amide bonds. The van der Waals surface area contributed by atoms with Gasteiger partial charge in [0.15, 0.2) is 0 Å². The molecule has 2 rings (SSSR count). The molecule has 0 aliphatic heterocycles. The van der Waals surface area contributed by atoms with Gasteiger partial charge in [-0.1, -0.05) is 0 Å². The Morgan fingerprint density at radius 3 is 2.50 bits per heavy atom. The second-order valence-corrected chi connectivity index (χ2v) is 5.74. The number of benzene rings is 1. The van der Waals surface area contributed by atoms with Crippen molar-refractivity contribution in [3.8, 4) is 6.07 Å². The lowest BCUT2D eigenvalue weighted by Gasteiger charge is -2.24. The molecule has 0 saturated carbocycles. The molecule has 2 aromatic rings. The van der Waals surface area contributed by atoms with Gasteiger partial charge in [-0.25, -0.2) is 13.8 Å². The maximum atomic E-state index is 13.8. The predicted octanol–water partition coefficient (Wildman–Crippen LogP) is 3.32. The Labute approximate surface area is 119 Å². The van der Waals surface area contributed by atoms with E-state index < -0.39 is 17.2 Å². The van der Waals surface area contributed by atoms with Gasteiger partial charge in [0.05, 0.1) is 17.2 Å². The first-order valence-corrected chi connectivity index (χ1v) is 6.85. The SMILES string of the molecule is CC(C)(NCc1c(F)cc(C#N)cc1F)c1nccs1. The summed E-state index contributed by atoms with van der Waals surface area (Å²) in [5.74, 6) is -1.44. The number of nitrogens with one attached hydrogen (secondary N) is 1. The second-order valence-electron chi connectivity index (χ2n) is 4.85. The summed E-state index contributed by atoms with van der Waals surface area (Å²) in [5, 5.41) is 14.4. The van der Waals surface area contributed by atoms with E-state index >= 15 is 0 Å². The first kappa shape index (κ1) is 14.6. The molecule has 0 unspecified atom stereocenters. The second kappa shape index (κ2) is 5.65. The highest BCUT2D eigenvalue weighted by atomic mass is 32.1. The van der Waals surface area contributed by atoms with Crippen LogP contribution in [-0.2, 0) is 12.1 Å². The summed E-state index contributed by atoms with van der Waals surface area (Å²) in [6.07, 6.45) is 1.69. The average molecular weight is 293 g/mol. The van der Waals surface area contributed by atoms with Crippen LogP contribution in [0, 0.1) is 23.0 Å². The first-order valence-electron chi connectivity index (χ1n) is 5.97. The molecule has 0 atom stereocenters. The van der Waals surface area contributed by atoms with E-state index in [1.807, 2.05) is 19.2 Å². The Kier molecular flexibility index (Phi) is 4.12. The minimum Gasteiger partial charge on any atom is -0.302 e. The third-order valence-corrected chi connectivity index (χ3v) is 4.04. The lowest BCUT2D eigenvalue weighted by molar-refractivity contribution is 0.388. The summed E-state index contributed by atoms with van der Waals surface area (Å²) in [6.45, 7) is 3.81. The summed E-state index contributed by atoms with van der Waals surface area (Å²) in [6, 6.07) is 3.80. The maximum absolute atomic E-state index is 13.8. The van der Waals surface area contributed by atoms with Crippen molar-refractivity contribution in [2.75, 3.05) is 0 Å². The first-order chi connectivity index (χ1) is 9.44. The molecule has 20 heavy (non-hydrogen) atoms. The van der Waals surface area contributed by atoms with Crippen LogP contribution in [0.4, 0.5) is 8.78 Å². The molecule has 0 bridgehead atoms. The van der Waals surface area contributed by atoms with Gasteiger partial charge in [-0.2, -0.15) is 5.26 Å². The topological polar surface area (TPSA) is 48.7 Å². The molecule has 0 aliphatic rings. The van der Waals surface area contributed by atoms with Crippen LogP contribution >= 0.6 is 11.3 Å². The van der Waals surface area contributed by atoms with Crippen LogP contribution in [-0.4, -0.2) is 4.98 Å². The fourth-order valence-corrected chi connectivity index (χ4v) is 2.49. The zero-order valence-corrected chi connectivity index (χ0v) is 11.9. The van der Waals surface area contributed by atoms with Crippen LogP contribution in [0.1, 0.15) is 30.0 Å². The summed E-state index contributed by atoms with van der Waals surface area (Å²) < 4.78 is 27.5. The van der Waals surface area contributed by atoms with Crippen molar-refractivity contribution in [1.82, 2.24) is 10.3 Å². The number of halogens is 2. The molecule has 1 aromatic carbocycles. The van der Waals surface area contributed by atoms with Gasteiger partial charge in [0.25, 0.3) is 0 Å². The van der Waals surface area contributed by atoms with Gasteiger partial charge >= 0.3 is 0 Å². The van der Waals surface area contributed by atoms with Crippen LogP contribution in [0.3, 0.4) is 0 Å². The molecule has 6 heteroatoms. The number of hydrogen-bond acceptors (Lipinski definition) is 4. The van der Waals surface area contributed by atoms with E-state index in [-0.39, 0.29) is 17.7 Å². The van der Waals surface area contributed by atoms with E-state index in [1.165, 1.54) is 11.3 Å². The van der Waals surface area contributed by atoms with E-state index in [4.69, 9.17) is 5.26 Å².